The highest BCUT2D eigenvalue weighted by atomic mass is 16.4. The van der Waals surface area contributed by atoms with Gasteiger partial charge in [-0.15, -0.1) is 0 Å². The van der Waals surface area contributed by atoms with E-state index in [0.29, 0.717) is 28.4 Å². The third-order valence-electron chi connectivity index (χ3n) is 3.87. The maximum Gasteiger partial charge on any atom is 0.339 e. The zero-order valence-electron chi connectivity index (χ0n) is 12.1. The highest BCUT2D eigenvalue weighted by Gasteiger charge is 2.31. The lowest BCUT2D eigenvalue weighted by Crippen LogP contribution is -2.20. The van der Waals surface area contributed by atoms with E-state index in [9.17, 15) is 9.90 Å². The van der Waals surface area contributed by atoms with E-state index in [1.807, 2.05) is 13.0 Å². The minimum Gasteiger partial charge on any atom is -0.478 e. The number of aromatic nitrogens is 1. The number of nitrogens with one attached hydrogen (secondary N) is 1. The summed E-state index contributed by atoms with van der Waals surface area (Å²) in [5.41, 5.74) is 2.78. The van der Waals surface area contributed by atoms with Gasteiger partial charge < -0.3 is 10.4 Å². The molecule has 1 saturated carbocycles. The van der Waals surface area contributed by atoms with Gasteiger partial charge in [-0.1, -0.05) is 13.8 Å². The van der Waals surface area contributed by atoms with Crippen molar-refractivity contribution in [1.82, 2.24) is 4.98 Å². The first-order chi connectivity index (χ1) is 8.78. The van der Waals surface area contributed by atoms with Crippen LogP contribution in [0.2, 0.25) is 0 Å². The molecular formula is C15H22N2O2. The summed E-state index contributed by atoms with van der Waals surface area (Å²) in [6, 6.07) is 2.19. The molecule has 0 radical (unpaired) electrons. The Morgan fingerprint density at radius 3 is 2.68 bits per heavy atom. The molecule has 0 aliphatic heterocycles. The molecule has 0 saturated heterocycles. The average Bonchev–Trinajstić information content (AvgIpc) is 2.56. The van der Waals surface area contributed by atoms with Gasteiger partial charge in [0.1, 0.15) is 5.56 Å². The second-order valence-electron chi connectivity index (χ2n) is 6.33. The summed E-state index contributed by atoms with van der Waals surface area (Å²) in [7, 11) is 0. The van der Waals surface area contributed by atoms with E-state index in [2.05, 4.69) is 24.1 Å². The molecule has 0 amide bonds. The van der Waals surface area contributed by atoms with Crippen molar-refractivity contribution in [2.24, 2.45) is 5.41 Å². The number of nitrogens with zero attached hydrogens (tertiary/aromatic N) is 1. The summed E-state index contributed by atoms with van der Waals surface area (Å²) in [6.45, 7) is 8.16. The fourth-order valence-electron chi connectivity index (χ4n) is 2.99. The SMILES string of the molecule is Cc1cc(NC2CCC(C)(C)C2)c(C(=O)O)c(C)n1. The van der Waals surface area contributed by atoms with Gasteiger partial charge in [0.2, 0.25) is 0 Å². The molecule has 2 rings (SSSR count). The van der Waals surface area contributed by atoms with Gasteiger partial charge in [-0.2, -0.15) is 0 Å². The maximum absolute atomic E-state index is 11.4. The summed E-state index contributed by atoms with van der Waals surface area (Å²) in [4.78, 5) is 15.6. The molecule has 1 heterocycles. The van der Waals surface area contributed by atoms with E-state index in [4.69, 9.17) is 0 Å². The number of hydrogen-bond donors (Lipinski definition) is 2. The quantitative estimate of drug-likeness (QED) is 0.876. The number of hydrogen-bond acceptors (Lipinski definition) is 3. The molecular weight excluding hydrogens is 240 g/mol. The van der Waals surface area contributed by atoms with Crippen LogP contribution in [0.5, 0.6) is 0 Å². The molecule has 19 heavy (non-hydrogen) atoms. The number of aryl methyl sites for hydroxylation is 2. The predicted octanol–water partition coefficient (Wildman–Crippen LogP) is 3.39. The van der Waals surface area contributed by atoms with Crippen LogP contribution in [0.15, 0.2) is 6.07 Å². The molecule has 1 aliphatic rings. The lowest BCUT2D eigenvalue weighted by molar-refractivity contribution is 0.0696. The van der Waals surface area contributed by atoms with Crippen molar-refractivity contribution >= 4 is 11.7 Å². The molecule has 4 heteroatoms. The number of carboxylic acid groups (broad SMARTS) is 1. The second-order valence-corrected chi connectivity index (χ2v) is 6.33. The lowest BCUT2D eigenvalue weighted by atomic mass is 9.92. The van der Waals surface area contributed by atoms with Crippen LogP contribution in [0.25, 0.3) is 0 Å². The van der Waals surface area contributed by atoms with Gasteiger partial charge in [0.15, 0.2) is 0 Å². The van der Waals surface area contributed by atoms with Crippen molar-refractivity contribution < 1.29 is 9.90 Å². The number of pyridine rings is 1. The Morgan fingerprint density at radius 2 is 2.16 bits per heavy atom. The summed E-state index contributed by atoms with van der Waals surface area (Å²) in [5, 5.41) is 12.7. The summed E-state index contributed by atoms with van der Waals surface area (Å²) >= 11 is 0. The van der Waals surface area contributed by atoms with Crippen molar-refractivity contribution in [2.45, 2.75) is 53.0 Å². The van der Waals surface area contributed by atoms with Crippen molar-refractivity contribution in [3.63, 3.8) is 0 Å². The minimum absolute atomic E-state index is 0.301. The Balaban J connectivity index is 2.27. The topological polar surface area (TPSA) is 62.2 Å². The molecule has 1 aromatic heterocycles. The molecule has 1 aromatic rings. The van der Waals surface area contributed by atoms with Crippen molar-refractivity contribution in [3.05, 3.63) is 23.0 Å². The van der Waals surface area contributed by atoms with Gasteiger partial charge in [-0.05, 0) is 44.6 Å². The first-order valence-electron chi connectivity index (χ1n) is 6.76. The molecule has 1 unspecified atom stereocenters. The molecule has 1 atom stereocenters. The third kappa shape index (κ3) is 3.06. The maximum atomic E-state index is 11.4. The summed E-state index contributed by atoms with van der Waals surface area (Å²) in [5.74, 6) is -0.912. The Bertz CT molecular complexity index is 509. The molecule has 0 aromatic carbocycles. The van der Waals surface area contributed by atoms with E-state index in [1.54, 1.807) is 6.92 Å². The first-order valence-corrected chi connectivity index (χ1v) is 6.76. The zero-order valence-corrected chi connectivity index (χ0v) is 12.1. The van der Waals surface area contributed by atoms with E-state index >= 15 is 0 Å². The smallest absolute Gasteiger partial charge is 0.339 e. The summed E-state index contributed by atoms with van der Waals surface area (Å²) < 4.78 is 0. The van der Waals surface area contributed by atoms with E-state index in [-0.39, 0.29) is 0 Å². The van der Waals surface area contributed by atoms with Crippen LogP contribution in [0.4, 0.5) is 5.69 Å². The third-order valence-corrected chi connectivity index (χ3v) is 3.87. The highest BCUT2D eigenvalue weighted by Crippen LogP contribution is 2.38. The van der Waals surface area contributed by atoms with Gasteiger partial charge >= 0.3 is 5.97 Å². The molecule has 2 N–H and O–H groups in total. The van der Waals surface area contributed by atoms with Gasteiger partial charge in [-0.3, -0.25) is 4.98 Å². The van der Waals surface area contributed by atoms with Gasteiger partial charge in [-0.25, -0.2) is 4.79 Å². The minimum atomic E-state index is -0.912. The monoisotopic (exact) mass is 262 g/mol. The molecule has 0 spiro atoms. The largest absolute Gasteiger partial charge is 0.478 e. The Morgan fingerprint density at radius 1 is 1.47 bits per heavy atom. The van der Waals surface area contributed by atoms with Gasteiger partial charge in [0.05, 0.1) is 11.4 Å². The van der Waals surface area contributed by atoms with Crippen molar-refractivity contribution in [2.75, 3.05) is 5.32 Å². The molecule has 0 bridgehead atoms. The van der Waals surface area contributed by atoms with Gasteiger partial charge in [0.25, 0.3) is 0 Å². The van der Waals surface area contributed by atoms with Crippen LogP contribution in [0, 0.1) is 19.3 Å². The number of rotatable bonds is 3. The number of carboxylic acids is 1. The van der Waals surface area contributed by atoms with Crippen molar-refractivity contribution in [1.29, 1.82) is 0 Å². The Kier molecular flexibility index (Phi) is 3.52. The first kappa shape index (κ1) is 13.8. The number of carbonyl (C=O) groups is 1. The van der Waals surface area contributed by atoms with Crippen LogP contribution in [-0.4, -0.2) is 22.1 Å². The predicted molar refractivity (Wildman–Crippen MR) is 75.7 cm³/mol. The van der Waals surface area contributed by atoms with Crippen LogP contribution in [0.3, 0.4) is 0 Å². The summed E-state index contributed by atoms with van der Waals surface area (Å²) in [6.07, 6.45) is 3.34. The average molecular weight is 262 g/mol. The van der Waals surface area contributed by atoms with E-state index < -0.39 is 5.97 Å². The fraction of sp³-hybridized carbons (Fsp3) is 0.600. The van der Waals surface area contributed by atoms with Crippen LogP contribution < -0.4 is 5.32 Å². The molecule has 1 aliphatic carbocycles. The standard InChI is InChI=1S/C15H22N2O2/c1-9-7-12(13(14(18)19)10(2)16-9)17-11-5-6-15(3,4)8-11/h7,11H,5-6,8H2,1-4H3,(H,16,17)(H,18,19). The zero-order chi connectivity index (χ0) is 14.2. The molecule has 4 nitrogen and oxygen atoms in total. The highest BCUT2D eigenvalue weighted by molar-refractivity contribution is 5.95. The molecule has 104 valence electrons. The molecule has 1 fully saturated rings. The van der Waals surface area contributed by atoms with Crippen LogP contribution >= 0.6 is 0 Å². The fourth-order valence-corrected chi connectivity index (χ4v) is 2.99. The van der Waals surface area contributed by atoms with Crippen LogP contribution in [-0.2, 0) is 0 Å². The lowest BCUT2D eigenvalue weighted by Gasteiger charge is -2.20. The van der Waals surface area contributed by atoms with E-state index in [0.717, 1.165) is 18.5 Å². The van der Waals surface area contributed by atoms with Gasteiger partial charge in [0, 0.05) is 11.7 Å². The Hall–Kier alpha value is -1.58. The van der Waals surface area contributed by atoms with Crippen LogP contribution in [0.1, 0.15) is 54.9 Å². The normalized spacial score (nSPS) is 21.4. The second kappa shape index (κ2) is 4.83. The number of anilines is 1. The number of aromatic carboxylic acids is 1. The van der Waals surface area contributed by atoms with E-state index in [1.165, 1.54) is 6.42 Å². The Labute approximate surface area is 114 Å². The van der Waals surface area contributed by atoms with Crippen molar-refractivity contribution in [3.8, 4) is 0 Å².